The average molecular weight is 358 g/mol. The van der Waals surface area contributed by atoms with E-state index < -0.39 is 6.10 Å². The number of carbonyl (C=O) groups excluding carboxylic acids is 1. The van der Waals surface area contributed by atoms with Gasteiger partial charge in [-0.2, -0.15) is 0 Å². The minimum atomic E-state index is -0.615. The molecule has 134 valence electrons. The number of benzene rings is 2. The van der Waals surface area contributed by atoms with Gasteiger partial charge in [0.2, 0.25) is 5.78 Å². The van der Waals surface area contributed by atoms with Crippen LogP contribution in [-0.2, 0) is 4.79 Å². The van der Waals surface area contributed by atoms with Gasteiger partial charge in [0.05, 0.1) is 5.69 Å². The maximum absolute atomic E-state index is 12.4. The van der Waals surface area contributed by atoms with E-state index in [1.165, 1.54) is 0 Å². The van der Waals surface area contributed by atoms with E-state index in [1.54, 1.807) is 13.1 Å². The van der Waals surface area contributed by atoms with Gasteiger partial charge < -0.3 is 10.1 Å². The number of nitrogens with zero attached hydrogens (tertiary/aromatic N) is 3. The Morgan fingerprint density at radius 3 is 2.78 bits per heavy atom. The third-order valence-electron chi connectivity index (χ3n) is 4.09. The first-order valence-electron chi connectivity index (χ1n) is 8.62. The highest BCUT2D eigenvalue weighted by Gasteiger charge is 2.15. The SMILES string of the molecule is CC(Oc1ccccc1)C(=O)Nc1cccc(-c2cn3cccnc3n2)c1. The molecule has 0 aliphatic carbocycles. The average Bonchev–Trinajstić information content (AvgIpc) is 3.13. The van der Waals surface area contributed by atoms with E-state index in [0.717, 1.165) is 11.3 Å². The molecule has 2 aromatic carbocycles. The van der Waals surface area contributed by atoms with Crippen molar-refractivity contribution in [3.8, 4) is 17.0 Å². The van der Waals surface area contributed by atoms with E-state index in [2.05, 4.69) is 15.3 Å². The molecule has 0 aliphatic heterocycles. The molecule has 4 aromatic rings. The predicted octanol–water partition coefficient (Wildman–Crippen LogP) is 3.80. The van der Waals surface area contributed by atoms with Gasteiger partial charge in [-0.25, -0.2) is 9.97 Å². The van der Waals surface area contributed by atoms with Crippen LogP contribution in [0.3, 0.4) is 0 Å². The Labute approximate surface area is 156 Å². The number of aromatic nitrogens is 3. The quantitative estimate of drug-likeness (QED) is 0.589. The first-order valence-corrected chi connectivity index (χ1v) is 8.62. The molecule has 1 unspecified atom stereocenters. The largest absolute Gasteiger partial charge is 0.481 e. The summed E-state index contributed by atoms with van der Waals surface area (Å²) in [6.45, 7) is 1.72. The van der Waals surface area contributed by atoms with E-state index >= 15 is 0 Å². The number of rotatable bonds is 5. The third kappa shape index (κ3) is 3.79. The topological polar surface area (TPSA) is 68.5 Å². The Kier molecular flexibility index (Phi) is 4.53. The van der Waals surface area contributed by atoms with Crippen molar-refractivity contribution in [3.05, 3.63) is 79.3 Å². The molecule has 6 nitrogen and oxygen atoms in total. The standard InChI is InChI=1S/C21H18N4O2/c1-15(27-18-9-3-2-4-10-18)20(26)23-17-8-5-7-16(13-17)19-14-25-12-6-11-22-21(25)24-19/h2-15H,1H3,(H,23,26). The van der Waals surface area contributed by atoms with Crippen molar-refractivity contribution in [2.75, 3.05) is 5.32 Å². The summed E-state index contributed by atoms with van der Waals surface area (Å²) < 4.78 is 7.52. The second kappa shape index (κ2) is 7.29. The molecule has 1 atom stereocenters. The highest BCUT2D eigenvalue weighted by atomic mass is 16.5. The van der Waals surface area contributed by atoms with Crippen LogP contribution in [0.25, 0.3) is 17.0 Å². The number of amides is 1. The Balaban J connectivity index is 1.49. The molecule has 27 heavy (non-hydrogen) atoms. The minimum absolute atomic E-state index is 0.215. The molecule has 0 bridgehead atoms. The molecule has 0 radical (unpaired) electrons. The van der Waals surface area contributed by atoms with Gasteiger partial charge in [-0.15, -0.1) is 0 Å². The number of anilines is 1. The molecule has 0 saturated heterocycles. The smallest absolute Gasteiger partial charge is 0.265 e. The van der Waals surface area contributed by atoms with Crippen molar-refractivity contribution in [1.29, 1.82) is 0 Å². The van der Waals surface area contributed by atoms with Crippen LogP contribution in [0.1, 0.15) is 6.92 Å². The Bertz CT molecular complexity index is 1040. The lowest BCUT2D eigenvalue weighted by molar-refractivity contribution is -0.122. The second-order valence-corrected chi connectivity index (χ2v) is 6.10. The molecule has 0 aliphatic rings. The first kappa shape index (κ1) is 16.8. The molecule has 2 aromatic heterocycles. The summed E-state index contributed by atoms with van der Waals surface area (Å²) in [7, 11) is 0. The van der Waals surface area contributed by atoms with Gasteiger partial charge >= 0.3 is 0 Å². The van der Waals surface area contributed by atoms with Gasteiger partial charge in [0, 0.05) is 29.8 Å². The van der Waals surface area contributed by atoms with Gasteiger partial charge in [-0.05, 0) is 37.3 Å². The lowest BCUT2D eigenvalue weighted by atomic mass is 10.1. The van der Waals surface area contributed by atoms with Gasteiger partial charge in [0.25, 0.3) is 5.91 Å². The fraction of sp³-hybridized carbons (Fsp3) is 0.0952. The molecule has 6 heteroatoms. The molecule has 1 N–H and O–H groups in total. The number of nitrogens with one attached hydrogen (secondary N) is 1. The zero-order valence-electron chi connectivity index (χ0n) is 14.7. The van der Waals surface area contributed by atoms with E-state index in [-0.39, 0.29) is 5.91 Å². The van der Waals surface area contributed by atoms with Gasteiger partial charge in [0.15, 0.2) is 6.10 Å². The lowest BCUT2D eigenvalue weighted by Gasteiger charge is -2.15. The van der Waals surface area contributed by atoms with Crippen LogP contribution >= 0.6 is 0 Å². The molecule has 0 saturated carbocycles. The highest BCUT2D eigenvalue weighted by molar-refractivity contribution is 5.94. The summed E-state index contributed by atoms with van der Waals surface area (Å²) >= 11 is 0. The molecule has 1 amide bonds. The van der Waals surface area contributed by atoms with Crippen molar-refractivity contribution in [2.45, 2.75) is 13.0 Å². The molecule has 2 heterocycles. The number of hydrogen-bond acceptors (Lipinski definition) is 4. The van der Waals surface area contributed by atoms with Gasteiger partial charge in [-0.3, -0.25) is 9.20 Å². The summed E-state index contributed by atoms with van der Waals surface area (Å²) in [6, 6.07) is 18.7. The molecule has 0 fully saturated rings. The number of carbonyl (C=O) groups is 1. The number of imidazole rings is 1. The summed E-state index contributed by atoms with van der Waals surface area (Å²) in [5.74, 6) is 1.07. The molecular weight excluding hydrogens is 340 g/mol. The van der Waals surface area contributed by atoms with Crippen LogP contribution in [0.2, 0.25) is 0 Å². The summed E-state index contributed by atoms with van der Waals surface area (Å²) in [5, 5.41) is 2.89. The van der Waals surface area contributed by atoms with E-state index in [4.69, 9.17) is 4.74 Å². The first-order chi connectivity index (χ1) is 13.2. The van der Waals surface area contributed by atoms with Gasteiger partial charge in [0.1, 0.15) is 5.75 Å². The van der Waals surface area contributed by atoms with Crippen molar-refractivity contribution >= 4 is 17.4 Å². The maximum Gasteiger partial charge on any atom is 0.265 e. The van der Waals surface area contributed by atoms with Crippen LogP contribution in [-0.4, -0.2) is 26.4 Å². The fourth-order valence-corrected chi connectivity index (χ4v) is 2.73. The third-order valence-corrected chi connectivity index (χ3v) is 4.09. The number of fused-ring (bicyclic) bond motifs is 1. The minimum Gasteiger partial charge on any atom is -0.481 e. The number of ether oxygens (including phenoxy) is 1. The summed E-state index contributed by atoms with van der Waals surface area (Å²) in [6.07, 6.45) is 4.89. The van der Waals surface area contributed by atoms with Crippen molar-refractivity contribution in [2.24, 2.45) is 0 Å². The van der Waals surface area contributed by atoms with E-state index in [0.29, 0.717) is 17.2 Å². The van der Waals surface area contributed by atoms with Crippen LogP contribution in [0.4, 0.5) is 5.69 Å². The molecule has 0 spiro atoms. The van der Waals surface area contributed by atoms with E-state index in [9.17, 15) is 4.79 Å². The van der Waals surface area contributed by atoms with E-state index in [1.807, 2.05) is 77.5 Å². The second-order valence-electron chi connectivity index (χ2n) is 6.10. The molecule has 4 rings (SSSR count). The predicted molar refractivity (Wildman–Crippen MR) is 104 cm³/mol. The zero-order chi connectivity index (χ0) is 18.6. The van der Waals surface area contributed by atoms with Crippen LogP contribution in [0.15, 0.2) is 79.3 Å². The fourth-order valence-electron chi connectivity index (χ4n) is 2.73. The Morgan fingerprint density at radius 1 is 1.11 bits per heavy atom. The highest BCUT2D eigenvalue weighted by Crippen LogP contribution is 2.22. The van der Waals surface area contributed by atoms with Gasteiger partial charge in [-0.1, -0.05) is 30.3 Å². The van der Waals surface area contributed by atoms with Crippen molar-refractivity contribution in [3.63, 3.8) is 0 Å². The zero-order valence-corrected chi connectivity index (χ0v) is 14.7. The summed E-state index contributed by atoms with van der Waals surface area (Å²) in [5.41, 5.74) is 2.37. The van der Waals surface area contributed by atoms with Crippen LogP contribution in [0.5, 0.6) is 5.75 Å². The Hall–Kier alpha value is -3.67. The normalized spacial score (nSPS) is 11.9. The monoisotopic (exact) mass is 358 g/mol. The van der Waals surface area contributed by atoms with Crippen molar-refractivity contribution in [1.82, 2.24) is 14.4 Å². The Morgan fingerprint density at radius 2 is 1.96 bits per heavy atom. The van der Waals surface area contributed by atoms with Crippen molar-refractivity contribution < 1.29 is 9.53 Å². The summed E-state index contributed by atoms with van der Waals surface area (Å²) in [4.78, 5) is 21.2. The number of hydrogen-bond donors (Lipinski definition) is 1. The lowest BCUT2D eigenvalue weighted by Crippen LogP contribution is -2.30. The molecular formula is C21H18N4O2. The number of para-hydroxylation sites is 1. The van der Waals surface area contributed by atoms with Crippen LogP contribution < -0.4 is 10.1 Å². The van der Waals surface area contributed by atoms with Crippen LogP contribution in [0, 0.1) is 0 Å². The maximum atomic E-state index is 12.4.